The van der Waals surface area contributed by atoms with Crippen molar-refractivity contribution in [2.45, 2.75) is 44.5 Å². The molecule has 0 saturated carbocycles. The maximum absolute atomic E-state index is 13.5. The van der Waals surface area contributed by atoms with E-state index in [-0.39, 0.29) is 29.5 Å². The molecule has 1 amide bonds. The van der Waals surface area contributed by atoms with Gasteiger partial charge >= 0.3 is 0 Å². The summed E-state index contributed by atoms with van der Waals surface area (Å²) in [7, 11) is 0. The summed E-state index contributed by atoms with van der Waals surface area (Å²) in [6, 6.07) is 6.58. The number of nitrogens with zero attached hydrogens (tertiary/aromatic N) is 1. The quantitative estimate of drug-likeness (QED) is 0.908. The third kappa shape index (κ3) is 2.94. The molecular formula is C16H21FN2O2. The number of benzene rings is 1. The molecule has 5 heteroatoms. The van der Waals surface area contributed by atoms with Gasteiger partial charge in [-0.2, -0.15) is 0 Å². The lowest BCUT2D eigenvalue weighted by molar-refractivity contribution is -0.137. The summed E-state index contributed by atoms with van der Waals surface area (Å²) in [4.78, 5) is 14.2. The van der Waals surface area contributed by atoms with Gasteiger partial charge < -0.3 is 9.64 Å². The van der Waals surface area contributed by atoms with Gasteiger partial charge in [-0.3, -0.25) is 10.1 Å². The van der Waals surface area contributed by atoms with Crippen LogP contribution in [0.5, 0.6) is 0 Å². The van der Waals surface area contributed by atoms with Crippen molar-refractivity contribution >= 4 is 5.91 Å². The highest BCUT2D eigenvalue weighted by atomic mass is 19.1. The van der Waals surface area contributed by atoms with Crippen LogP contribution in [0.1, 0.15) is 38.4 Å². The molecular weight excluding hydrogens is 271 g/mol. The molecule has 3 rings (SSSR count). The van der Waals surface area contributed by atoms with Gasteiger partial charge in [0.05, 0.1) is 12.1 Å². The van der Waals surface area contributed by atoms with E-state index < -0.39 is 0 Å². The molecule has 21 heavy (non-hydrogen) atoms. The standard InChI is InChI=1S/C16H21FN2O2/c1-16(2)9-13(6-7-21-16)19-14(20)10-18-15(19)11-4-3-5-12(17)8-11/h3-5,8,13,15,18H,6-7,9-10H2,1-2H3. The Balaban J connectivity index is 1.86. The van der Waals surface area contributed by atoms with Crippen molar-refractivity contribution < 1.29 is 13.9 Å². The first kappa shape index (κ1) is 14.5. The van der Waals surface area contributed by atoms with Crippen LogP contribution in [-0.2, 0) is 9.53 Å². The molecule has 2 atom stereocenters. The van der Waals surface area contributed by atoms with Crippen molar-refractivity contribution in [3.8, 4) is 0 Å². The van der Waals surface area contributed by atoms with Crippen molar-refractivity contribution in [1.82, 2.24) is 10.2 Å². The van der Waals surface area contributed by atoms with Gasteiger partial charge in [-0.15, -0.1) is 0 Å². The number of carbonyl (C=O) groups excluding carboxylic acids is 1. The average molecular weight is 292 g/mol. The van der Waals surface area contributed by atoms with E-state index in [2.05, 4.69) is 5.32 Å². The van der Waals surface area contributed by atoms with Crippen LogP contribution < -0.4 is 5.32 Å². The third-order valence-corrected chi connectivity index (χ3v) is 4.24. The number of nitrogens with one attached hydrogen (secondary N) is 1. The number of halogens is 1. The van der Waals surface area contributed by atoms with E-state index in [9.17, 15) is 9.18 Å². The SMILES string of the molecule is CC1(C)CC(N2C(=O)CNC2c2cccc(F)c2)CCO1. The fourth-order valence-electron chi connectivity index (χ4n) is 3.32. The molecule has 4 nitrogen and oxygen atoms in total. The number of ether oxygens (including phenoxy) is 1. The Bertz CT molecular complexity index is 547. The second kappa shape index (κ2) is 5.39. The molecule has 0 bridgehead atoms. The second-order valence-corrected chi connectivity index (χ2v) is 6.39. The smallest absolute Gasteiger partial charge is 0.238 e. The van der Waals surface area contributed by atoms with Crippen LogP contribution in [0.2, 0.25) is 0 Å². The molecule has 2 fully saturated rings. The van der Waals surface area contributed by atoms with Crippen molar-refractivity contribution in [3.05, 3.63) is 35.6 Å². The zero-order valence-corrected chi connectivity index (χ0v) is 12.4. The molecule has 2 aliphatic heterocycles. The van der Waals surface area contributed by atoms with E-state index in [0.717, 1.165) is 18.4 Å². The highest BCUT2D eigenvalue weighted by Gasteiger charge is 2.41. The van der Waals surface area contributed by atoms with Gasteiger partial charge in [0.15, 0.2) is 0 Å². The summed E-state index contributed by atoms with van der Waals surface area (Å²) in [5.41, 5.74) is 0.572. The fraction of sp³-hybridized carbons (Fsp3) is 0.562. The Morgan fingerprint density at radius 1 is 1.43 bits per heavy atom. The zero-order valence-electron chi connectivity index (χ0n) is 12.4. The Morgan fingerprint density at radius 2 is 2.24 bits per heavy atom. The molecule has 0 aliphatic carbocycles. The highest BCUT2D eigenvalue weighted by molar-refractivity contribution is 5.81. The van der Waals surface area contributed by atoms with Crippen LogP contribution in [0, 0.1) is 5.82 Å². The maximum Gasteiger partial charge on any atom is 0.238 e. The van der Waals surface area contributed by atoms with Crippen LogP contribution in [0.3, 0.4) is 0 Å². The lowest BCUT2D eigenvalue weighted by atomic mass is 9.92. The maximum atomic E-state index is 13.5. The van der Waals surface area contributed by atoms with Gasteiger partial charge in [-0.05, 0) is 44.4 Å². The first-order valence-corrected chi connectivity index (χ1v) is 7.40. The fourth-order valence-corrected chi connectivity index (χ4v) is 3.32. The van der Waals surface area contributed by atoms with Gasteiger partial charge in [-0.25, -0.2) is 4.39 Å². The molecule has 2 saturated heterocycles. The molecule has 2 heterocycles. The minimum absolute atomic E-state index is 0.0759. The van der Waals surface area contributed by atoms with Crippen molar-refractivity contribution in [2.75, 3.05) is 13.2 Å². The zero-order chi connectivity index (χ0) is 15.0. The first-order chi connectivity index (χ1) is 9.96. The van der Waals surface area contributed by atoms with Gasteiger partial charge in [0.1, 0.15) is 12.0 Å². The van der Waals surface area contributed by atoms with Crippen LogP contribution in [0.25, 0.3) is 0 Å². The molecule has 114 valence electrons. The van der Waals surface area contributed by atoms with Crippen molar-refractivity contribution in [1.29, 1.82) is 0 Å². The Morgan fingerprint density at radius 3 is 2.95 bits per heavy atom. The number of rotatable bonds is 2. The van der Waals surface area contributed by atoms with Crippen LogP contribution in [0.4, 0.5) is 4.39 Å². The predicted molar refractivity (Wildman–Crippen MR) is 77.0 cm³/mol. The lowest BCUT2D eigenvalue weighted by Gasteiger charge is -2.41. The lowest BCUT2D eigenvalue weighted by Crippen LogP contribution is -2.48. The van der Waals surface area contributed by atoms with Crippen molar-refractivity contribution in [3.63, 3.8) is 0 Å². The van der Waals surface area contributed by atoms with Crippen LogP contribution >= 0.6 is 0 Å². The summed E-state index contributed by atoms with van der Waals surface area (Å²) in [6.07, 6.45) is 1.38. The number of hydrogen-bond donors (Lipinski definition) is 1. The topological polar surface area (TPSA) is 41.6 Å². The Labute approximate surface area is 124 Å². The predicted octanol–water partition coefficient (Wildman–Crippen LogP) is 2.21. The van der Waals surface area contributed by atoms with E-state index in [1.54, 1.807) is 6.07 Å². The average Bonchev–Trinajstić information content (AvgIpc) is 2.79. The molecule has 0 aromatic heterocycles. The first-order valence-electron chi connectivity index (χ1n) is 7.40. The molecule has 1 N–H and O–H groups in total. The number of hydrogen-bond acceptors (Lipinski definition) is 3. The summed E-state index contributed by atoms with van der Waals surface area (Å²) >= 11 is 0. The van der Waals surface area contributed by atoms with E-state index >= 15 is 0 Å². The van der Waals surface area contributed by atoms with Gasteiger partial charge in [0.25, 0.3) is 0 Å². The summed E-state index contributed by atoms with van der Waals surface area (Å²) in [5, 5.41) is 3.19. The molecule has 1 aromatic carbocycles. The molecule has 0 spiro atoms. The number of carbonyl (C=O) groups is 1. The van der Waals surface area contributed by atoms with E-state index in [0.29, 0.717) is 13.2 Å². The van der Waals surface area contributed by atoms with Gasteiger partial charge in [-0.1, -0.05) is 12.1 Å². The minimum Gasteiger partial charge on any atom is -0.375 e. The van der Waals surface area contributed by atoms with E-state index in [1.807, 2.05) is 24.8 Å². The summed E-state index contributed by atoms with van der Waals surface area (Å²) in [6.45, 7) is 5.05. The monoisotopic (exact) mass is 292 g/mol. The molecule has 1 aromatic rings. The summed E-state index contributed by atoms with van der Waals surface area (Å²) in [5.74, 6) is -0.201. The van der Waals surface area contributed by atoms with E-state index in [1.165, 1.54) is 12.1 Å². The van der Waals surface area contributed by atoms with Crippen LogP contribution in [0.15, 0.2) is 24.3 Å². The van der Waals surface area contributed by atoms with Gasteiger partial charge in [0, 0.05) is 12.6 Å². The third-order valence-electron chi connectivity index (χ3n) is 4.24. The van der Waals surface area contributed by atoms with Crippen molar-refractivity contribution in [2.24, 2.45) is 0 Å². The largest absolute Gasteiger partial charge is 0.375 e. The normalized spacial score (nSPS) is 28.9. The van der Waals surface area contributed by atoms with Gasteiger partial charge in [0.2, 0.25) is 5.91 Å². The van der Waals surface area contributed by atoms with E-state index in [4.69, 9.17) is 4.74 Å². The minimum atomic E-state index is -0.277. The molecule has 0 radical (unpaired) electrons. The number of amides is 1. The second-order valence-electron chi connectivity index (χ2n) is 6.39. The van der Waals surface area contributed by atoms with Crippen LogP contribution in [-0.4, -0.2) is 35.6 Å². The molecule has 2 aliphatic rings. The Hall–Kier alpha value is -1.46. The highest BCUT2D eigenvalue weighted by Crippen LogP contribution is 2.33. The Kier molecular flexibility index (Phi) is 3.71. The molecule has 2 unspecified atom stereocenters. The summed E-state index contributed by atoms with van der Waals surface area (Å²) < 4.78 is 19.2.